The van der Waals surface area contributed by atoms with E-state index >= 15 is 0 Å². The normalized spacial score (nSPS) is 12.8. The van der Waals surface area contributed by atoms with Crippen LogP contribution in [0, 0.1) is 5.41 Å². The fourth-order valence-electron chi connectivity index (χ4n) is 4.98. The van der Waals surface area contributed by atoms with Crippen molar-refractivity contribution in [2.24, 2.45) is 5.41 Å². The summed E-state index contributed by atoms with van der Waals surface area (Å²) in [6.07, 6.45) is -0.511. The summed E-state index contributed by atoms with van der Waals surface area (Å²) in [5.41, 5.74) is -0.233. The smallest absolute Gasteiger partial charge is 0.246 e. The van der Waals surface area contributed by atoms with Gasteiger partial charge in [0.05, 0.1) is 45.9 Å². The highest BCUT2D eigenvalue weighted by Crippen LogP contribution is 2.45. The summed E-state index contributed by atoms with van der Waals surface area (Å²) in [5, 5.41) is 0. The fraction of sp³-hybridized carbons (Fsp3) is 0.548. The topological polar surface area (TPSA) is 124 Å². The van der Waals surface area contributed by atoms with Gasteiger partial charge in [-0.1, -0.05) is 27.7 Å². The van der Waals surface area contributed by atoms with Crippen molar-refractivity contribution in [1.29, 1.82) is 0 Å². The first kappa shape index (κ1) is 36.1. The van der Waals surface area contributed by atoms with Crippen molar-refractivity contribution in [1.82, 2.24) is 0 Å². The Hall–Kier alpha value is -3.09. The second kappa shape index (κ2) is 14.6. The molecule has 1 unspecified atom stereocenters. The van der Waals surface area contributed by atoms with Crippen molar-refractivity contribution in [2.75, 3.05) is 35.0 Å². The standard InChI is InChI=1S/C31H43O10SSi/c1-11-14-40-28-25(38-9)17-20(18-26(28)42(34,35)31(5,6)29(41-43)30(2,3)4)22(33)13-12-21(32)19-15-23(36-7)27(39-10)24(16-19)37-8/h15-18,29H,11-14H2,1-10H3. The second-order valence-corrected chi connectivity index (χ2v) is 14.3. The van der Waals surface area contributed by atoms with Crippen molar-refractivity contribution in [3.05, 3.63) is 35.4 Å². The number of carbonyl (C=O) groups excluding carboxylic acids is 2. The van der Waals surface area contributed by atoms with E-state index in [1.807, 2.05) is 27.7 Å². The molecule has 0 saturated heterocycles. The van der Waals surface area contributed by atoms with Gasteiger partial charge in [-0.05, 0) is 49.9 Å². The molecule has 3 radical (unpaired) electrons. The number of ketones is 2. The molecule has 2 aromatic rings. The minimum atomic E-state index is -4.20. The second-order valence-electron chi connectivity index (χ2n) is 11.6. The quantitative estimate of drug-likeness (QED) is 0.174. The van der Waals surface area contributed by atoms with E-state index in [1.165, 1.54) is 52.7 Å². The van der Waals surface area contributed by atoms with Gasteiger partial charge in [0.2, 0.25) is 16.2 Å². The van der Waals surface area contributed by atoms with Crippen molar-refractivity contribution in [3.8, 4) is 28.7 Å². The maximum atomic E-state index is 14.3. The molecule has 0 heterocycles. The number of hydrogen-bond acceptors (Lipinski definition) is 10. The Morgan fingerprint density at radius 3 is 1.58 bits per heavy atom. The molecule has 10 nitrogen and oxygen atoms in total. The Morgan fingerprint density at radius 1 is 0.767 bits per heavy atom. The van der Waals surface area contributed by atoms with Gasteiger partial charge in [-0.2, -0.15) is 0 Å². The Morgan fingerprint density at radius 2 is 1.21 bits per heavy atom. The van der Waals surface area contributed by atoms with Crippen LogP contribution >= 0.6 is 0 Å². The lowest BCUT2D eigenvalue weighted by Crippen LogP contribution is -2.51. The molecule has 0 bridgehead atoms. The molecule has 0 fully saturated rings. The molecule has 43 heavy (non-hydrogen) atoms. The van der Waals surface area contributed by atoms with Gasteiger partial charge in [-0.15, -0.1) is 0 Å². The minimum absolute atomic E-state index is 0.0177. The number of benzene rings is 2. The lowest BCUT2D eigenvalue weighted by molar-refractivity contribution is 0.0661. The zero-order chi connectivity index (χ0) is 32.8. The van der Waals surface area contributed by atoms with E-state index in [4.69, 9.17) is 28.1 Å². The van der Waals surface area contributed by atoms with Crippen LogP contribution in [0.5, 0.6) is 28.7 Å². The van der Waals surface area contributed by atoms with Crippen molar-refractivity contribution >= 4 is 31.9 Å². The summed E-state index contributed by atoms with van der Waals surface area (Å²) in [7, 11) is 4.60. The number of Topliss-reactive ketones (excluding diaryl/α,β-unsaturated/α-hetero) is 2. The summed E-state index contributed by atoms with van der Waals surface area (Å²) in [6.45, 7) is 10.9. The predicted octanol–water partition coefficient (Wildman–Crippen LogP) is 5.42. The van der Waals surface area contributed by atoms with Crippen LogP contribution < -0.4 is 23.7 Å². The van der Waals surface area contributed by atoms with Crippen LogP contribution in [0.3, 0.4) is 0 Å². The van der Waals surface area contributed by atoms with Gasteiger partial charge < -0.3 is 28.1 Å². The first-order valence-corrected chi connectivity index (χ1v) is 15.7. The molecule has 237 valence electrons. The molecule has 12 heteroatoms. The highest BCUT2D eigenvalue weighted by atomic mass is 32.2. The van der Waals surface area contributed by atoms with Crippen LogP contribution in [0.1, 0.15) is 81.5 Å². The number of rotatable bonds is 16. The van der Waals surface area contributed by atoms with Gasteiger partial charge in [-0.3, -0.25) is 9.59 Å². The lowest BCUT2D eigenvalue weighted by atomic mass is 9.82. The summed E-state index contributed by atoms with van der Waals surface area (Å²) in [5.74, 6) is 0.286. The average Bonchev–Trinajstić information content (AvgIpc) is 2.96. The van der Waals surface area contributed by atoms with E-state index < -0.39 is 31.9 Å². The van der Waals surface area contributed by atoms with Crippen LogP contribution in [0.2, 0.25) is 0 Å². The van der Waals surface area contributed by atoms with Crippen LogP contribution in [-0.4, -0.2) is 76.4 Å². The van der Waals surface area contributed by atoms with Crippen molar-refractivity contribution in [2.45, 2.75) is 76.6 Å². The maximum Gasteiger partial charge on any atom is 0.246 e. The van der Waals surface area contributed by atoms with Crippen LogP contribution in [0.25, 0.3) is 0 Å². The molecule has 0 saturated carbocycles. The molecule has 0 N–H and O–H groups in total. The van der Waals surface area contributed by atoms with Gasteiger partial charge in [-0.25, -0.2) is 8.42 Å². The predicted molar refractivity (Wildman–Crippen MR) is 164 cm³/mol. The van der Waals surface area contributed by atoms with E-state index in [9.17, 15) is 18.0 Å². The molecule has 2 aromatic carbocycles. The summed E-state index contributed by atoms with van der Waals surface area (Å²) in [4.78, 5) is 26.4. The average molecular weight is 636 g/mol. The zero-order valence-electron chi connectivity index (χ0n) is 26.7. The third kappa shape index (κ3) is 7.71. The molecule has 0 aliphatic carbocycles. The third-order valence-electron chi connectivity index (χ3n) is 7.10. The van der Waals surface area contributed by atoms with Crippen molar-refractivity contribution < 1.29 is 46.1 Å². The SMILES string of the molecule is CCCOc1c(OC)cc(C(=O)CCC(=O)c2cc(OC)c(OC)c(OC)c2)cc1S(=O)(=O)C(C)(C)C(O[Si])C(C)(C)C. The first-order chi connectivity index (χ1) is 20.0. The third-order valence-corrected chi connectivity index (χ3v) is 9.81. The molecular weight excluding hydrogens is 592 g/mol. The minimum Gasteiger partial charge on any atom is -0.493 e. The van der Waals surface area contributed by atoms with E-state index in [-0.39, 0.29) is 52.8 Å². The monoisotopic (exact) mass is 635 g/mol. The van der Waals surface area contributed by atoms with Gasteiger partial charge in [0.15, 0.2) is 44.4 Å². The summed E-state index contributed by atoms with van der Waals surface area (Å²) < 4.78 is 60.1. The van der Waals surface area contributed by atoms with Crippen molar-refractivity contribution in [3.63, 3.8) is 0 Å². The van der Waals surface area contributed by atoms with Crippen LogP contribution in [0.15, 0.2) is 29.2 Å². The number of carbonyl (C=O) groups is 2. The fourth-order valence-corrected chi connectivity index (χ4v) is 7.65. The van der Waals surface area contributed by atoms with E-state index in [1.54, 1.807) is 13.8 Å². The number of ether oxygens (including phenoxy) is 5. The van der Waals surface area contributed by atoms with E-state index in [2.05, 4.69) is 10.5 Å². The van der Waals surface area contributed by atoms with Gasteiger partial charge >= 0.3 is 0 Å². The molecular formula is C31H43O10SSi. The largest absolute Gasteiger partial charge is 0.493 e. The molecule has 0 amide bonds. The highest BCUT2D eigenvalue weighted by Gasteiger charge is 2.49. The van der Waals surface area contributed by atoms with E-state index in [0.717, 1.165) is 0 Å². The zero-order valence-corrected chi connectivity index (χ0v) is 28.5. The molecule has 0 aliphatic heterocycles. The first-order valence-electron chi connectivity index (χ1n) is 13.8. The Balaban J connectivity index is 2.56. The molecule has 1 atom stereocenters. The van der Waals surface area contributed by atoms with Crippen LogP contribution in [0.4, 0.5) is 0 Å². The summed E-state index contributed by atoms with van der Waals surface area (Å²) >= 11 is 0. The van der Waals surface area contributed by atoms with Gasteiger partial charge in [0, 0.05) is 24.0 Å². The molecule has 0 spiro atoms. The maximum absolute atomic E-state index is 14.3. The lowest BCUT2D eigenvalue weighted by Gasteiger charge is -2.41. The Labute approximate surface area is 258 Å². The van der Waals surface area contributed by atoms with Crippen LogP contribution in [-0.2, 0) is 14.3 Å². The summed E-state index contributed by atoms with van der Waals surface area (Å²) in [6, 6.07) is 5.76. The Kier molecular flexibility index (Phi) is 12.2. The number of hydrogen-bond donors (Lipinski definition) is 0. The molecule has 0 aliphatic rings. The number of methoxy groups -OCH3 is 4. The highest BCUT2D eigenvalue weighted by molar-refractivity contribution is 7.93. The molecule has 2 rings (SSSR count). The number of sulfone groups is 1. The van der Waals surface area contributed by atoms with Gasteiger partial charge in [0.25, 0.3) is 0 Å². The van der Waals surface area contributed by atoms with E-state index in [0.29, 0.717) is 23.7 Å². The Bertz CT molecular complexity index is 1390. The van der Waals surface area contributed by atoms with Gasteiger partial charge in [0.1, 0.15) is 4.90 Å². The molecule has 0 aromatic heterocycles.